The quantitative estimate of drug-likeness (QED) is 0.436. The first-order valence-corrected chi connectivity index (χ1v) is 8.06. The lowest BCUT2D eigenvalue weighted by Gasteiger charge is -2.23. The first-order valence-electron chi connectivity index (χ1n) is 8.06. The van der Waals surface area contributed by atoms with E-state index in [1.165, 1.54) is 17.7 Å². The molecule has 0 saturated carbocycles. The van der Waals surface area contributed by atoms with Crippen molar-refractivity contribution in [3.8, 4) is 5.75 Å². The largest absolute Gasteiger partial charge is 0.488 e. The van der Waals surface area contributed by atoms with Crippen LogP contribution in [0.4, 0.5) is 4.39 Å². The molecule has 1 unspecified atom stereocenters. The van der Waals surface area contributed by atoms with Crippen molar-refractivity contribution in [1.29, 1.82) is 0 Å². The van der Waals surface area contributed by atoms with Crippen LogP contribution in [0.25, 0.3) is 0 Å². The molecule has 1 N–H and O–H groups in total. The van der Waals surface area contributed by atoms with Gasteiger partial charge < -0.3 is 15.0 Å². The molecular formula is C19H23FIN3O. The third-order valence-electron chi connectivity index (χ3n) is 4.11. The number of ether oxygens (including phenoxy) is 1. The molecule has 0 amide bonds. The van der Waals surface area contributed by atoms with Gasteiger partial charge in [-0.2, -0.15) is 0 Å². The highest BCUT2D eigenvalue weighted by atomic mass is 127. The van der Waals surface area contributed by atoms with Crippen LogP contribution in [0, 0.1) is 5.82 Å². The van der Waals surface area contributed by atoms with E-state index in [0.29, 0.717) is 13.1 Å². The summed E-state index contributed by atoms with van der Waals surface area (Å²) in [5, 5.41) is 3.35. The zero-order chi connectivity index (χ0) is 16.9. The maximum Gasteiger partial charge on any atom is 0.193 e. The standard InChI is InChI=1S/C19H22FN3O.HI/c1-21-19(23(2)13-14-7-9-16(20)10-8-14)22-12-17-11-15-5-3-4-6-18(15)24-17;/h3-10,17H,11-13H2,1-2H3,(H,21,22);1H. The van der Waals surface area contributed by atoms with Crippen LogP contribution in [0.15, 0.2) is 53.5 Å². The Morgan fingerprint density at radius 2 is 1.96 bits per heavy atom. The topological polar surface area (TPSA) is 36.9 Å². The van der Waals surface area contributed by atoms with Crippen LogP contribution in [-0.2, 0) is 13.0 Å². The van der Waals surface area contributed by atoms with E-state index in [0.717, 1.165) is 23.7 Å². The summed E-state index contributed by atoms with van der Waals surface area (Å²) in [5.41, 5.74) is 2.28. The highest BCUT2D eigenvalue weighted by Gasteiger charge is 2.22. The number of hydrogen-bond acceptors (Lipinski definition) is 2. The van der Waals surface area contributed by atoms with E-state index in [4.69, 9.17) is 4.74 Å². The average Bonchev–Trinajstić information content (AvgIpc) is 3.00. The molecule has 1 atom stereocenters. The zero-order valence-corrected chi connectivity index (χ0v) is 16.7. The van der Waals surface area contributed by atoms with Crippen LogP contribution in [0.1, 0.15) is 11.1 Å². The van der Waals surface area contributed by atoms with E-state index in [9.17, 15) is 4.39 Å². The average molecular weight is 455 g/mol. The van der Waals surface area contributed by atoms with Crippen LogP contribution >= 0.6 is 24.0 Å². The van der Waals surface area contributed by atoms with Gasteiger partial charge in [0.05, 0.1) is 6.54 Å². The number of fused-ring (bicyclic) bond motifs is 1. The molecule has 0 saturated heterocycles. The molecule has 1 aliphatic heterocycles. The van der Waals surface area contributed by atoms with Crippen molar-refractivity contribution in [2.75, 3.05) is 20.6 Å². The van der Waals surface area contributed by atoms with Gasteiger partial charge in [-0.1, -0.05) is 30.3 Å². The van der Waals surface area contributed by atoms with Gasteiger partial charge in [-0.25, -0.2) is 4.39 Å². The lowest BCUT2D eigenvalue weighted by molar-refractivity contribution is 0.233. The fraction of sp³-hybridized carbons (Fsp3) is 0.316. The Labute approximate surface area is 165 Å². The van der Waals surface area contributed by atoms with Crippen LogP contribution in [0.3, 0.4) is 0 Å². The fourth-order valence-corrected chi connectivity index (χ4v) is 2.90. The lowest BCUT2D eigenvalue weighted by atomic mass is 10.1. The third-order valence-corrected chi connectivity index (χ3v) is 4.11. The van der Waals surface area contributed by atoms with Crippen molar-refractivity contribution in [2.24, 2.45) is 4.99 Å². The van der Waals surface area contributed by atoms with Crippen LogP contribution < -0.4 is 10.1 Å². The van der Waals surface area contributed by atoms with Crippen molar-refractivity contribution < 1.29 is 9.13 Å². The molecule has 0 bridgehead atoms. The second-order valence-corrected chi connectivity index (χ2v) is 5.96. The van der Waals surface area contributed by atoms with Crippen molar-refractivity contribution in [3.63, 3.8) is 0 Å². The number of para-hydroxylation sites is 1. The molecule has 2 aromatic rings. The Kier molecular flexibility index (Phi) is 7.04. The Balaban J connectivity index is 0.00000225. The van der Waals surface area contributed by atoms with E-state index in [-0.39, 0.29) is 35.9 Å². The first kappa shape index (κ1) is 19.5. The molecule has 25 heavy (non-hydrogen) atoms. The predicted molar refractivity (Wildman–Crippen MR) is 109 cm³/mol. The first-order chi connectivity index (χ1) is 11.7. The summed E-state index contributed by atoms with van der Waals surface area (Å²) in [6, 6.07) is 14.7. The minimum absolute atomic E-state index is 0. The minimum Gasteiger partial charge on any atom is -0.488 e. The molecule has 4 nitrogen and oxygen atoms in total. The number of benzene rings is 2. The normalized spacial score (nSPS) is 15.8. The molecular weight excluding hydrogens is 432 g/mol. The molecule has 0 fully saturated rings. The maximum atomic E-state index is 13.0. The van der Waals surface area contributed by atoms with E-state index in [1.807, 2.05) is 30.1 Å². The zero-order valence-electron chi connectivity index (χ0n) is 14.4. The number of nitrogens with one attached hydrogen (secondary N) is 1. The SMILES string of the molecule is CN=C(NCC1Cc2ccccc2O1)N(C)Cc1ccc(F)cc1.I. The van der Waals surface area contributed by atoms with E-state index >= 15 is 0 Å². The smallest absolute Gasteiger partial charge is 0.193 e. The molecule has 134 valence electrons. The number of halogens is 2. The van der Waals surface area contributed by atoms with Gasteiger partial charge in [0.1, 0.15) is 17.7 Å². The Morgan fingerprint density at radius 1 is 1.24 bits per heavy atom. The van der Waals surface area contributed by atoms with Gasteiger partial charge in [0.15, 0.2) is 5.96 Å². The number of aliphatic imine (C=N–C) groups is 1. The number of guanidine groups is 1. The van der Waals surface area contributed by atoms with Crippen LogP contribution in [-0.4, -0.2) is 37.6 Å². The van der Waals surface area contributed by atoms with Gasteiger partial charge in [-0.15, -0.1) is 24.0 Å². The van der Waals surface area contributed by atoms with Gasteiger partial charge in [-0.05, 0) is 29.3 Å². The van der Waals surface area contributed by atoms with Crippen LogP contribution in [0.2, 0.25) is 0 Å². The highest BCUT2D eigenvalue weighted by Crippen LogP contribution is 2.27. The second-order valence-electron chi connectivity index (χ2n) is 5.96. The molecule has 2 aromatic carbocycles. The molecule has 1 heterocycles. The Hall–Kier alpha value is -1.83. The molecule has 0 aliphatic carbocycles. The molecule has 6 heteroatoms. The van der Waals surface area contributed by atoms with E-state index in [1.54, 1.807) is 19.2 Å². The van der Waals surface area contributed by atoms with Gasteiger partial charge in [0.2, 0.25) is 0 Å². The molecule has 0 radical (unpaired) electrons. The Bertz CT molecular complexity index is 696. The lowest BCUT2D eigenvalue weighted by Crippen LogP contribution is -2.42. The van der Waals surface area contributed by atoms with Gasteiger partial charge in [0, 0.05) is 27.1 Å². The highest BCUT2D eigenvalue weighted by molar-refractivity contribution is 14.0. The molecule has 1 aliphatic rings. The summed E-state index contributed by atoms with van der Waals surface area (Å²) in [6.45, 7) is 1.35. The fourth-order valence-electron chi connectivity index (χ4n) is 2.90. The molecule has 0 spiro atoms. The summed E-state index contributed by atoms with van der Waals surface area (Å²) in [6.07, 6.45) is 1.01. The van der Waals surface area contributed by atoms with E-state index < -0.39 is 0 Å². The predicted octanol–water partition coefficient (Wildman–Crippen LogP) is 3.45. The Morgan fingerprint density at radius 3 is 2.64 bits per heavy atom. The minimum atomic E-state index is -0.221. The summed E-state index contributed by atoms with van der Waals surface area (Å²) in [7, 11) is 3.72. The summed E-state index contributed by atoms with van der Waals surface area (Å²) >= 11 is 0. The number of hydrogen-bond donors (Lipinski definition) is 1. The number of rotatable bonds is 4. The molecule has 3 rings (SSSR count). The summed E-state index contributed by atoms with van der Waals surface area (Å²) in [5.74, 6) is 1.54. The third kappa shape index (κ3) is 5.07. The van der Waals surface area contributed by atoms with Crippen molar-refractivity contribution in [2.45, 2.75) is 19.1 Å². The van der Waals surface area contributed by atoms with Crippen molar-refractivity contribution >= 4 is 29.9 Å². The van der Waals surface area contributed by atoms with Crippen LogP contribution in [0.5, 0.6) is 5.75 Å². The van der Waals surface area contributed by atoms with Crippen molar-refractivity contribution in [3.05, 3.63) is 65.5 Å². The monoisotopic (exact) mass is 455 g/mol. The number of nitrogens with zero attached hydrogens (tertiary/aromatic N) is 2. The summed E-state index contributed by atoms with van der Waals surface area (Å²) < 4.78 is 18.9. The summed E-state index contributed by atoms with van der Waals surface area (Å²) in [4.78, 5) is 6.32. The maximum absolute atomic E-state index is 13.0. The van der Waals surface area contributed by atoms with E-state index in [2.05, 4.69) is 16.4 Å². The van der Waals surface area contributed by atoms with Gasteiger partial charge in [0.25, 0.3) is 0 Å². The van der Waals surface area contributed by atoms with Crippen molar-refractivity contribution in [1.82, 2.24) is 10.2 Å². The van der Waals surface area contributed by atoms with Gasteiger partial charge >= 0.3 is 0 Å². The van der Waals surface area contributed by atoms with Gasteiger partial charge in [-0.3, -0.25) is 4.99 Å². The molecule has 0 aromatic heterocycles. The second kappa shape index (κ2) is 9.03.